The summed E-state index contributed by atoms with van der Waals surface area (Å²) in [6, 6.07) is 9.76. The standard InChI is InChI=1S/C16H16BrFO2S/c1-10-7-13(18)8-11(2)15(10)16(17)12-5-4-6-14(9-12)21(3,19)20/h4-9,16H,1-3H3. The van der Waals surface area contributed by atoms with Crippen LogP contribution in [0.25, 0.3) is 0 Å². The zero-order chi connectivity index (χ0) is 15.8. The molecule has 0 saturated heterocycles. The van der Waals surface area contributed by atoms with Gasteiger partial charge in [0, 0.05) is 6.26 Å². The van der Waals surface area contributed by atoms with E-state index in [0.717, 1.165) is 22.3 Å². The van der Waals surface area contributed by atoms with Crippen molar-refractivity contribution in [2.45, 2.75) is 23.6 Å². The predicted octanol–water partition coefficient (Wildman–Crippen LogP) is 4.33. The Morgan fingerprint density at radius 1 is 1.10 bits per heavy atom. The molecule has 0 heterocycles. The van der Waals surface area contributed by atoms with Gasteiger partial charge in [-0.05, 0) is 60.4 Å². The second kappa shape index (κ2) is 5.89. The van der Waals surface area contributed by atoms with Gasteiger partial charge in [-0.1, -0.05) is 28.1 Å². The Kier molecular flexibility index (Phi) is 4.54. The molecule has 0 bridgehead atoms. The van der Waals surface area contributed by atoms with E-state index >= 15 is 0 Å². The van der Waals surface area contributed by atoms with Gasteiger partial charge in [0.1, 0.15) is 5.82 Å². The van der Waals surface area contributed by atoms with Crippen LogP contribution in [0.3, 0.4) is 0 Å². The van der Waals surface area contributed by atoms with Crippen molar-refractivity contribution in [2.75, 3.05) is 6.26 Å². The Morgan fingerprint density at radius 2 is 1.67 bits per heavy atom. The van der Waals surface area contributed by atoms with Crippen molar-refractivity contribution >= 4 is 25.8 Å². The maximum atomic E-state index is 13.4. The molecule has 0 amide bonds. The first-order valence-corrected chi connectivity index (χ1v) is 9.21. The van der Waals surface area contributed by atoms with Crippen molar-refractivity contribution in [3.63, 3.8) is 0 Å². The second-order valence-corrected chi connectivity index (χ2v) is 8.09. The number of sulfone groups is 1. The molecule has 0 aliphatic carbocycles. The lowest BCUT2D eigenvalue weighted by Crippen LogP contribution is -2.03. The molecule has 2 rings (SSSR count). The minimum Gasteiger partial charge on any atom is -0.224 e. The van der Waals surface area contributed by atoms with Crippen LogP contribution < -0.4 is 0 Å². The molecule has 21 heavy (non-hydrogen) atoms. The van der Waals surface area contributed by atoms with E-state index in [9.17, 15) is 12.8 Å². The van der Waals surface area contributed by atoms with Gasteiger partial charge in [0.25, 0.3) is 0 Å². The fourth-order valence-electron chi connectivity index (χ4n) is 2.39. The molecule has 1 unspecified atom stereocenters. The van der Waals surface area contributed by atoms with Crippen molar-refractivity contribution in [3.8, 4) is 0 Å². The topological polar surface area (TPSA) is 34.1 Å². The quantitative estimate of drug-likeness (QED) is 0.753. The molecule has 2 nitrogen and oxygen atoms in total. The van der Waals surface area contributed by atoms with Crippen molar-refractivity contribution in [1.29, 1.82) is 0 Å². The first-order chi connectivity index (χ1) is 9.70. The van der Waals surface area contributed by atoms with E-state index in [4.69, 9.17) is 0 Å². The van der Waals surface area contributed by atoms with E-state index < -0.39 is 9.84 Å². The van der Waals surface area contributed by atoms with Gasteiger partial charge in [-0.25, -0.2) is 12.8 Å². The number of benzene rings is 2. The van der Waals surface area contributed by atoms with Gasteiger partial charge in [-0.15, -0.1) is 0 Å². The van der Waals surface area contributed by atoms with Gasteiger partial charge in [0.2, 0.25) is 0 Å². The van der Waals surface area contributed by atoms with Crippen LogP contribution in [-0.4, -0.2) is 14.7 Å². The van der Waals surface area contributed by atoms with Crippen LogP contribution in [0.5, 0.6) is 0 Å². The highest BCUT2D eigenvalue weighted by Gasteiger charge is 2.18. The highest BCUT2D eigenvalue weighted by atomic mass is 79.9. The van der Waals surface area contributed by atoms with E-state index in [-0.39, 0.29) is 15.5 Å². The molecule has 5 heteroatoms. The van der Waals surface area contributed by atoms with Gasteiger partial charge in [-0.2, -0.15) is 0 Å². The Bertz CT molecular complexity index is 762. The SMILES string of the molecule is Cc1cc(F)cc(C)c1C(Br)c1cccc(S(C)(=O)=O)c1. The van der Waals surface area contributed by atoms with E-state index in [1.165, 1.54) is 18.4 Å². The molecular formula is C16H16BrFO2S. The molecule has 0 aromatic heterocycles. The average molecular weight is 371 g/mol. The fourth-order valence-corrected chi connectivity index (χ4v) is 4.07. The molecule has 0 N–H and O–H groups in total. The molecule has 2 aromatic rings. The Hall–Kier alpha value is -1.20. The van der Waals surface area contributed by atoms with Crippen molar-refractivity contribution in [3.05, 3.63) is 64.5 Å². The van der Waals surface area contributed by atoms with Crippen LogP contribution >= 0.6 is 15.9 Å². The van der Waals surface area contributed by atoms with Crippen LogP contribution in [0.15, 0.2) is 41.3 Å². The predicted molar refractivity (Wildman–Crippen MR) is 86.2 cm³/mol. The van der Waals surface area contributed by atoms with Crippen LogP contribution in [0.2, 0.25) is 0 Å². The molecule has 0 saturated carbocycles. The Balaban J connectivity index is 2.53. The lowest BCUT2D eigenvalue weighted by molar-refractivity contribution is 0.601. The summed E-state index contributed by atoms with van der Waals surface area (Å²) in [5.74, 6) is -0.265. The maximum absolute atomic E-state index is 13.4. The third-order valence-corrected chi connectivity index (χ3v) is 5.49. The van der Waals surface area contributed by atoms with Crippen molar-refractivity contribution < 1.29 is 12.8 Å². The number of hydrogen-bond acceptors (Lipinski definition) is 2. The van der Waals surface area contributed by atoms with Gasteiger partial charge in [0.15, 0.2) is 9.84 Å². The van der Waals surface area contributed by atoms with Crippen LogP contribution in [0.4, 0.5) is 4.39 Å². The lowest BCUT2D eigenvalue weighted by Gasteiger charge is -2.17. The Morgan fingerprint density at radius 3 is 2.19 bits per heavy atom. The normalized spacial score (nSPS) is 13.2. The van der Waals surface area contributed by atoms with E-state index in [1.54, 1.807) is 18.2 Å². The Labute approximate surface area is 133 Å². The molecule has 0 aliphatic rings. The number of hydrogen-bond donors (Lipinski definition) is 0. The lowest BCUT2D eigenvalue weighted by atomic mass is 9.96. The van der Waals surface area contributed by atoms with Crippen molar-refractivity contribution in [2.24, 2.45) is 0 Å². The fraction of sp³-hybridized carbons (Fsp3) is 0.250. The minimum absolute atomic E-state index is 0.181. The zero-order valence-corrected chi connectivity index (χ0v) is 14.4. The summed E-state index contributed by atoms with van der Waals surface area (Å²) >= 11 is 3.60. The summed E-state index contributed by atoms with van der Waals surface area (Å²) < 4.78 is 36.7. The molecule has 0 spiro atoms. The minimum atomic E-state index is -3.25. The van der Waals surface area contributed by atoms with Gasteiger partial charge >= 0.3 is 0 Å². The summed E-state index contributed by atoms with van der Waals surface area (Å²) in [7, 11) is -3.25. The van der Waals surface area contributed by atoms with Crippen LogP contribution in [-0.2, 0) is 9.84 Å². The van der Waals surface area contributed by atoms with Crippen LogP contribution in [0.1, 0.15) is 27.1 Å². The largest absolute Gasteiger partial charge is 0.224 e. The summed E-state index contributed by atoms with van der Waals surface area (Å²) in [5, 5.41) is 0. The molecular weight excluding hydrogens is 355 g/mol. The summed E-state index contributed by atoms with van der Waals surface area (Å²) in [6.07, 6.45) is 1.18. The van der Waals surface area contributed by atoms with Gasteiger partial charge in [0.05, 0.1) is 9.72 Å². The van der Waals surface area contributed by atoms with E-state index in [0.29, 0.717) is 0 Å². The third-order valence-electron chi connectivity index (χ3n) is 3.39. The summed E-state index contributed by atoms with van der Waals surface area (Å²) in [4.78, 5) is 0.0988. The third kappa shape index (κ3) is 3.52. The number of alkyl halides is 1. The molecule has 0 radical (unpaired) electrons. The first kappa shape index (κ1) is 16.2. The van der Waals surface area contributed by atoms with Crippen molar-refractivity contribution in [1.82, 2.24) is 0 Å². The first-order valence-electron chi connectivity index (χ1n) is 6.41. The number of rotatable bonds is 3. The number of aryl methyl sites for hydroxylation is 2. The smallest absolute Gasteiger partial charge is 0.175 e. The monoisotopic (exact) mass is 370 g/mol. The number of halogens is 2. The molecule has 112 valence electrons. The second-order valence-electron chi connectivity index (χ2n) is 5.16. The van der Waals surface area contributed by atoms with Crippen LogP contribution in [0, 0.1) is 19.7 Å². The summed E-state index contributed by atoms with van der Waals surface area (Å²) in [5.41, 5.74) is 3.45. The highest BCUT2D eigenvalue weighted by Crippen LogP contribution is 2.36. The van der Waals surface area contributed by atoms with Gasteiger partial charge in [-0.3, -0.25) is 0 Å². The van der Waals surface area contributed by atoms with E-state index in [1.807, 2.05) is 19.9 Å². The molecule has 2 aromatic carbocycles. The highest BCUT2D eigenvalue weighted by molar-refractivity contribution is 9.09. The van der Waals surface area contributed by atoms with Gasteiger partial charge < -0.3 is 0 Å². The molecule has 1 atom stereocenters. The van der Waals surface area contributed by atoms with E-state index in [2.05, 4.69) is 15.9 Å². The average Bonchev–Trinajstić information content (AvgIpc) is 2.36. The zero-order valence-electron chi connectivity index (χ0n) is 12.0. The maximum Gasteiger partial charge on any atom is 0.175 e. The summed E-state index contributed by atoms with van der Waals surface area (Å²) in [6.45, 7) is 3.69. The molecule has 0 fully saturated rings. The molecule has 0 aliphatic heterocycles.